The molecule has 1 aliphatic heterocycles. The van der Waals surface area contributed by atoms with E-state index in [2.05, 4.69) is 13.5 Å². The first-order chi connectivity index (χ1) is 15.9. The molecule has 0 saturated carbocycles. The van der Waals surface area contributed by atoms with E-state index >= 15 is 0 Å². The fourth-order valence-electron chi connectivity index (χ4n) is 4.26. The Labute approximate surface area is 191 Å². The minimum atomic E-state index is -0.939. The van der Waals surface area contributed by atoms with Gasteiger partial charge in [-0.2, -0.15) is 0 Å². The van der Waals surface area contributed by atoms with Gasteiger partial charge in [-0.1, -0.05) is 61.5 Å². The van der Waals surface area contributed by atoms with E-state index in [1.807, 2.05) is 0 Å². The van der Waals surface area contributed by atoms with Crippen LogP contribution >= 0.6 is 0 Å². The Balaban J connectivity index is 1.59. The van der Waals surface area contributed by atoms with Crippen molar-refractivity contribution in [1.82, 2.24) is 0 Å². The Morgan fingerprint density at radius 3 is 2.00 bits per heavy atom. The molecule has 4 rings (SSSR count). The zero-order valence-corrected chi connectivity index (χ0v) is 18.5. The van der Waals surface area contributed by atoms with Crippen LogP contribution in [0.2, 0.25) is 0 Å². The van der Waals surface area contributed by atoms with Crippen molar-refractivity contribution in [2.75, 3.05) is 6.61 Å². The molecule has 3 aromatic rings. The molecule has 3 aromatic carbocycles. The highest BCUT2D eigenvalue weighted by Gasteiger charge is 2.26. The second kappa shape index (κ2) is 9.92. The third kappa shape index (κ3) is 4.74. The number of halogens is 4. The molecule has 0 spiro atoms. The van der Waals surface area contributed by atoms with Gasteiger partial charge in [0.1, 0.15) is 0 Å². The number of allylic oxidation sites excluding steroid dienone is 1. The van der Waals surface area contributed by atoms with E-state index in [9.17, 15) is 17.6 Å². The molecule has 0 N–H and O–H groups in total. The average molecular weight is 455 g/mol. The number of rotatable bonds is 6. The molecule has 0 aromatic heterocycles. The van der Waals surface area contributed by atoms with Crippen LogP contribution in [0.1, 0.15) is 43.4 Å². The highest BCUT2D eigenvalue weighted by Crippen LogP contribution is 2.36. The zero-order valence-electron chi connectivity index (χ0n) is 18.5. The minimum absolute atomic E-state index is 0.110. The highest BCUT2D eigenvalue weighted by atomic mass is 19.2. The molecule has 1 saturated heterocycles. The van der Waals surface area contributed by atoms with Crippen LogP contribution in [0.5, 0.6) is 0 Å². The maximum atomic E-state index is 14.9. The second-order valence-corrected chi connectivity index (χ2v) is 8.64. The molecular weight excluding hydrogens is 428 g/mol. The Morgan fingerprint density at radius 2 is 1.42 bits per heavy atom. The maximum Gasteiger partial charge on any atom is 0.167 e. The molecule has 5 heteroatoms. The van der Waals surface area contributed by atoms with Gasteiger partial charge in [-0.05, 0) is 48.3 Å². The van der Waals surface area contributed by atoms with Crippen LogP contribution in [0.4, 0.5) is 17.6 Å². The fraction of sp³-hybridized carbons (Fsp3) is 0.286. The molecule has 2 atom stereocenters. The van der Waals surface area contributed by atoms with Crippen molar-refractivity contribution >= 4 is 0 Å². The number of hydrogen-bond donors (Lipinski definition) is 0. The lowest BCUT2D eigenvalue weighted by molar-refractivity contribution is -0.0144. The van der Waals surface area contributed by atoms with E-state index in [0.29, 0.717) is 48.5 Å². The van der Waals surface area contributed by atoms with Crippen LogP contribution in [0.15, 0.2) is 61.2 Å². The van der Waals surface area contributed by atoms with Crippen LogP contribution in [0.25, 0.3) is 22.3 Å². The summed E-state index contributed by atoms with van der Waals surface area (Å²) >= 11 is 0. The van der Waals surface area contributed by atoms with Crippen LogP contribution in [-0.4, -0.2) is 6.61 Å². The Morgan fingerprint density at radius 1 is 0.818 bits per heavy atom. The standard InChI is InChI=1S/C28H26F4O/c1-3-4-5-20-11-12-21(26(30)25(20)29)18-7-9-19(10-8-18)22-13-14-23(28(32)27(22)31)24-15-6-17(2)16-33-24/h3,7-14,17,24H,1,4-6,15-16H2,2H3. The van der Waals surface area contributed by atoms with E-state index < -0.39 is 29.4 Å². The lowest BCUT2D eigenvalue weighted by atomic mass is 9.93. The molecule has 1 fully saturated rings. The number of aryl methyl sites for hydroxylation is 1. The van der Waals surface area contributed by atoms with Gasteiger partial charge in [0.25, 0.3) is 0 Å². The van der Waals surface area contributed by atoms with E-state index in [0.717, 1.165) is 6.42 Å². The van der Waals surface area contributed by atoms with Crippen LogP contribution in [0, 0.1) is 29.2 Å². The molecule has 172 valence electrons. The summed E-state index contributed by atoms with van der Waals surface area (Å²) in [5, 5.41) is 0. The van der Waals surface area contributed by atoms with Gasteiger partial charge in [-0.15, -0.1) is 6.58 Å². The largest absolute Gasteiger partial charge is 0.373 e. The summed E-state index contributed by atoms with van der Waals surface area (Å²) in [5.41, 5.74) is 1.65. The Kier molecular flexibility index (Phi) is 6.99. The highest BCUT2D eigenvalue weighted by molar-refractivity contribution is 5.71. The van der Waals surface area contributed by atoms with Crippen molar-refractivity contribution < 1.29 is 22.3 Å². The first-order valence-electron chi connectivity index (χ1n) is 11.2. The molecule has 0 aliphatic carbocycles. The van der Waals surface area contributed by atoms with E-state index in [4.69, 9.17) is 4.74 Å². The van der Waals surface area contributed by atoms with Gasteiger partial charge in [0, 0.05) is 23.3 Å². The van der Waals surface area contributed by atoms with Crippen LogP contribution < -0.4 is 0 Å². The summed E-state index contributed by atoms with van der Waals surface area (Å²) in [6.07, 6.45) is 3.69. The molecule has 0 radical (unpaired) electrons. The molecule has 33 heavy (non-hydrogen) atoms. The maximum absolute atomic E-state index is 14.9. The smallest absolute Gasteiger partial charge is 0.167 e. The van der Waals surface area contributed by atoms with Gasteiger partial charge in [0.15, 0.2) is 23.3 Å². The topological polar surface area (TPSA) is 9.23 Å². The van der Waals surface area contributed by atoms with Crippen molar-refractivity contribution in [3.8, 4) is 22.3 Å². The molecule has 1 heterocycles. The summed E-state index contributed by atoms with van der Waals surface area (Å²) in [4.78, 5) is 0. The van der Waals surface area contributed by atoms with Gasteiger partial charge in [-0.25, -0.2) is 17.6 Å². The summed E-state index contributed by atoms with van der Waals surface area (Å²) in [5.74, 6) is -3.23. The quantitative estimate of drug-likeness (QED) is 0.270. The zero-order chi connectivity index (χ0) is 23.5. The molecule has 2 unspecified atom stereocenters. The molecule has 1 aliphatic rings. The first kappa shape index (κ1) is 23.2. The third-order valence-electron chi connectivity index (χ3n) is 6.25. The predicted octanol–water partition coefficient (Wildman–Crippen LogP) is 8.18. The average Bonchev–Trinajstić information content (AvgIpc) is 2.83. The summed E-state index contributed by atoms with van der Waals surface area (Å²) in [7, 11) is 0. The van der Waals surface area contributed by atoms with Gasteiger partial charge < -0.3 is 4.74 Å². The molecule has 1 nitrogen and oxygen atoms in total. The fourth-order valence-corrected chi connectivity index (χ4v) is 4.26. The first-order valence-corrected chi connectivity index (χ1v) is 11.2. The minimum Gasteiger partial charge on any atom is -0.373 e. The number of hydrogen-bond acceptors (Lipinski definition) is 1. The van der Waals surface area contributed by atoms with E-state index in [1.165, 1.54) is 6.07 Å². The normalized spacial score (nSPS) is 18.3. The Hall–Kier alpha value is -2.92. The van der Waals surface area contributed by atoms with Gasteiger partial charge in [0.2, 0.25) is 0 Å². The van der Waals surface area contributed by atoms with E-state index in [1.54, 1.807) is 48.5 Å². The van der Waals surface area contributed by atoms with Crippen molar-refractivity contribution in [3.63, 3.8) is 0 Å². The number of ether oxygens (including phenoxy) is 1. The van der Waals surface area contributed by atoms with E-state index in [-0.39, 0.29) is 16.7 Å². The Bertz CT molecular complexity index is 1150. The van der Waals surface area contributed by atoms with Crippen molar-refractivity contribution in [2.24, 2.45) is 5.92 Å². The van der Waals surface area contributed by atoms with Gasteiger partial charge >= 0.3 is 0 Å². The lowest BCUT2D eigenvalue weighted by Gasteiger charge is -2.27. The lowest BCUT2D eigenvalue weighted by Crippen LogP contribution is -2.19. The van der Waals surface area contributed by atoms with Gasteiger partial charge in [-0.3, -0.25) is 0 Å². The van der Waals surface area contributed by atoms with Crippen molar-refractivity contribution in [3.05, 3.63) is 95.6 Å². The third-order valence-corrected chi connectivity index (χ3v) is 6.25. The SMILES string of the molecule is C=CCCc1ccc(-c2ccc(-c3ccc(C4CCC(C)CO4)c(F)c3F)cc2)c(F)c1F. The monoisotopic (exact) mass is 454 g/mol. The predicted molar refractivity (Wildman–Crippen MR) is 123 cm³/mol. The van der Waals surface area contributed by atoms with Crippen molar-refractivity contribution in [1.29, 1.82) is 0 Å². The molecular formula is C28H26F4O. The summed E-state index contributed by atoms with van der Waals surface area (Å²) in [6.45, 7) is 6.19. The molecule has 0 amide bonds. The van der Waals surface area contributed by atoms with Crippen LogP contribution in [-0.2, 0) is 11.2 Å². The summed E-state index contributed by atoms with van der Waals surface area (Å²) < 4.78 is 64.5. The number of benzene rings is 3. The van der Waals surface area contributed by atoms with Crippen molar-refractivity contribution in [2.45, 2.75) is 38.7 Å². The van der Waals surface area contributed by atoms with Gasteiger partial charge in [0.05, 0.1) is 6.10 Å². The molecule has 0 bridgehead atoms. The summed E-state index contributed by atoms with van der Waals surface area (Å²) in [6, 6.07) is 12.5. The van der Waals surface area contributed by atoms with Crippen LogP contribution in [0.3, 0.4) is 0 Å². The second-order valence-electron chi connectivity index (χ2n) is 8.64.